The molecule has 1 N–H and O–H groups in total. The Bertz CT molecular complexity index is 1070. The van der Waals surface area contributed by atoms with Crippen LogP contribution in [0.15, 0.2) is 33.6 Å². The van der Waals surface area contributed by atoms with E-state index < -0.39 is 0 Å². The molecule has 0 fully saturated rings. The summed E-state index contributed by atoms with van der Waals surface area (Å²) < 4.78 is 11.0. The Balaban J connectivity index is 1.59. The van der Waals surface area contributed by atoms with Gasteiger partial charge in [0.05, 0.1) is 17.4 Å². The SMILES string of the molecule is CC(C)Oc1cccc(/C=C/c2nc(-c3c4c(n[nH]c3=O)CCCC4)no2)c1. The second kappa shape index (κ2) is 7.80. The molecule has 1 aliphatic rings. The van der Waals surface area contributed by atoms with Crippen LogP contribution in [0.25, 0.3) is 23.5 Å². The van der Waals surface area contributed by atoms with Crippen LogP contribution in [-0.4, -0.2) is 26.4 Å². The molecule has 1 aromatic carbocycles. The van der Waals surface area contributed by atoms with Gasteiger partial charge in [0, 0.05) is 6.08 Å². The number of hydrogen-bond donors (Lipinski definition) is 1. The van der Waals surface area contributed by atoms with Crippen molar-refractivity contribution in [1.82, 2.24) is 20.3 Å². The molecule has 0 spiro atoms. The van der Waals surface area contributed by atoms with Crippen LogP contribution >= 0.6 is 0 Å². The van der Waals surface area contributed by atoms with Gasteiger partial charge in [0.2, 0.25) is 5.82 Å². The van der Waals surface area contributed by atoms with E-state index in [0.717, 1.165) is 48.3 Å². The largest absolute Gasteiger partial charge is 0.491 e. The molecular weight excluding hydrogens is 356 g/mol. The highest BCUT2D eigenvalue weighted by atomic mass is 16.5. The summed E-state index contributed by atoms with van der Waals surface area (Å²) >= 11 is 0. The van der Waals surface area contributed by atoms with Gasteiger partial charge in [-0.3, -0.25) is 4.79 Å². The summed E-state index contributed by atoms with van der Waals surface area (Å²) in [5.74, 6) is 1.45. The molecule has 4 rings (SSSR count). The van der Waals surface area contributed by atoms with Crippen LogP contribution in [0.1, 0.15) is 49.4 Å². The zero-order valence-electron chi connectivity index (χ0n) is 15.9. The highest BCUT2D eigenvalue weighted by Gasteiger charge is 2.22. The highest BCUT2D eigenvalue weighted by Crippen LogP contribution is 2.26. The average molecular weight is 378 g/mol. The fraction of sp³-hybridized carbons (Fsp3) is 0.333. The number of H-pyrrole nitrogens is 1. The highest BCUT2D eigenvalue weighted by molar-refractivity contribution is 5.68. The smallest absolute Gasteiger partial charge is 0.275 e. The van der Waals surface area contributed by atoms with E-state index in [9.17, 15) is 4.79 Å². The van der Waals surface area contributed by atoms with E-state index in [-0.39, 0.29) is 11.7 Å². The van der Waals surface area contributed by atoms with Crippen molar-refractivity contribution in [2.45, 2.75) is 45.6 Å². The van der Waals surface area contributed by atoms with Crippen molar-refractivity contribution in [3.63, 3.8) is 0 Å². The zero-order valence-corrected chi connectivity index (χ0v) is 15.9. The Hall–Kier alpha value is -3.22. The molecule has 0 unspecified atom stereocenters. The van der Waals surface area contributed by atoms with Crippen molar-refractivity contribution in [2.24, 2.45) is 0 Å². The van der Waals surface area contributed by atoms with Crippen molar-refractivity contribution in [3.05, 3.63) is 57.3 Å². The first-order valence-electron chi connectivity index (χ1n) is 9.49. The molecule has 7 nitrogen and oxygen atoms in total. The maximum absolute atomic E-state index is 12.3. The monoisotopic (exact) mass is 378 g/mol. The van der Waals surface area contributed by atoms with E-state index in [1.807, 2.05) is 44.2 Å². The van der Waals surface area contributed by atoms with Crippen molar-refractivity contribution in [2.75, 3.05) is 0 Å². The Morgan fingerprint density at radius 1 is 1.21 bits per heavy atom. The molecule has 0 saturated carbocycles. The van der Waals surface area contributed by atoms with E-state index in [0.29, 0.717) is 17.3 Å². The van der Waals surface area contributed by atoms with Gasteiger partial charge in [0.1, 0.15) is 5.75 Å². The lowest BCUT2D eigenvalue weighted by Crippen LogP contribution is -2.20. The van der Waals surface area contributed by atoms with E-state index in [4.69, 9.17) is 9.26 Å². The predicted molar refractivity (Wildman–Crippen MR) is 106 cm³/mol. The van der Waals surface area contributed by atoms with Crippen molar-refractivity contribution >= 4 is 12.2 Å². The summed E-state index contributed by atoms with van der Waals surface area (Å²) in [5, 5.41) is 10.7. The first-order valence-corrected chi connectivity index (χ1v) is 9.49. The molecule has 7 heteroatoms. The number of hydrogen-bond acceptors (Lipinski definition) is 6. The summed E-state index contributed by atoms with van der Waals surface area (Å²) in [6, 6.07) is 7.75. The Morgan fingerprint density at radius 3 is 2.93 bits per heavy atom. The van der Waals surface area contributed by atoms with Gasteiger partial charge in [-0.1, -0.05) is 17.3 Å². The lowest BCUT2D eigenvalue weighted by Gasteiger charge is -2.15. The van der Waals surface area contributed by atoms with Crippen molar-refractivity contribution in [3.8, 4) is 17.1 Å². The first-order chi connectivity index (χ1) is 13.6. The summed E-state index contributed by atoms with van der Waals surface area (Å²) in [4.78, 5) is 16.7. The van der Waals surface area contributed by atoms with E-state index in [2.05, 4.69) is 20.3 Å². The second-order valence-corrected chi connectivity index (χ2v) is 7.09. The van der Waals surface area contributed by atoms with Crippen LogP contribution in [0.4, 0.5) is 0 Å². The van der Waals surface area contributed by atoms with Crippen LogP contribution in [0, 0.1) is 0 Å². The summed E-state index contributed by atoms with van der Waals surface area (Å²) in [6.07, 6.45) is 7.49. The van der Waals surface area contributed by atoms with Gasteiger partial charge < -0.3 is 9.26 Å². The molecule has 3 aromatic rings. The van der Waals surface area contributed by atoms with E-state index >= 15 is 0 Å². The minimum atomic E-state index is -0.282. The summed E-state index contributed by atoms with van der Waals surface area (Å²) in [5.41, 5.74) is 3.00. The number of fused-ring (bicyclic) bond motifs is 1. The van der Waals surface area contributed by atoms with Gasteiger partial charge in [-0.15, -0.1) is 0 Å². The average Bonchev–Trinajstić information content (AvgIpc) is 3.14. The second-order valence-electron chi connectivity index (χ2n) is 7.09. The van der Waals surface area contributed by atoms with Crippen LogP contribution in [-0.2, 0) is 12.8 Å². The molecule has 0 amide bonds. The zero-order chi connectivity index (χ0) is 19.5. The lowest BCUT2D eigenvalue weighted by molar-refractivity contribution is 0.242. The molecule has 1 aliphatic carbocycles. The quantitative estimate of drug-likeness (QED) is 0.728. The Labute approximate surface area is 162 Å². The molecule has 0 bridgehead atoms. The van der Waals surface area contributed by atoms with Gasteiger partial charge in [0.15, 0.2) is 0 Å². The first kappa shape index (κ1) is 18.2. The van der Waals surface area contributed by atoms with E-state index in [1.165, 1.54) is 0 Å². The minimum Gasteiger partial charge on any atom is -0.491 e. The Kier molecular flexibility index (Phi) is 5.06. The standard InChI is InChI=1S/C21H22N4O3/c1-13(2)27-15-7-5-6-14(12-15)10-11-18-22-20(25-28-18)19-16-8-3-4-9-17(16)23-24-21(19)26/h5-7,10-13H,3-4,8-9H2,1-2H3,(H,24,26)/b11-10+. The number of aromatic nitrogens is 4. The number of nitrogens with zero attached hydrogens (tertiary/aromatic N) is 3. The maximum atomic E-state index is 12.3. The normalized spacial score (nSPS) is 13.8. The third-order valence-electron chi connectivity index (χ3n) is 4.57. The number of aromatic amines is 1. The number of aryl methyl sites for hydroxylation is 1. The molecule has 2 aromatic heterocycles. The molecular formula is C21H22N4O3. The molecule has 0 saturated heterocycles. The number of rotatable bonds is 5. The summed E-state index contributed by atoms with van der Waals surface area (Å²) in [7, 11) is 0. The minimum absolute atomic E-state index is 0.113. The van der Waals surface area contributed by atoms with Crippen LogP contribution in [0.5, 0.6) is 5.75 Å². The molecule has 0 radical (unpaired) electrons. The van der Waals surface area contributed by atoms with Gasteiger partial charge in [0.25, 0.3) is 11.4 Å². The third-order valence-corrected chi connectivity index (χ3v) is 4.57. The fourth-order valence-corrected chi connectivity index (χ4v) is 3.37. The van der Waals surface area contributed by atoms with Gasteiger partial charge in [-0.05, 0) is 68.9 Å². The van der Waals surface area contributed by atoms with Gasteiger partial charge in [-0.25, -0.2) is 5.10 Å². The maximum Gasteiger partial charge on any atom is 0.275 e. The summed E-state index contributed by atoms with van der Waals surface area (Å²) in [6.45, 7) is 3.98. The number of ether oxygens (including phenoxy) is 1. The molecule has 0 atom stereocenters. The number of benzene rings is 1. The van der Waals surface area contributed by atoms with Crippen LogP contribution in [0.3, 0.4) is 0 Å². The van der Waals surface area contributed by atoms with Crippen molar-refractivity contribution < 1.29 is 9.26 Å². The molecule has 144 valence electrons. The molecule has 28 heavy (non-hydrogen) atoms. The topological polar surface area (TPSA) is 93.9 Å². The van der Waals surface area contributed by atoms with Crippen molar-refractivity contribution in [1.29, 1.82) is 0 Å². The van der Waals surface area contributed by atoms with Crippen LogP contribution in [0.2, 0.25) is 0 Å². The number of nitrogens with one attached hydrogen (secondary N) is 1. The molecule has 0 aliphatic heterocycles. The fourth-order valence-electron chi connectivity index (χ4n) is 3.37. The Morgan fingerprint density at radius 2 is 2.07 bits per heavy atom. The van der Waals surface area contributed by atoms with Gasteiger partial charge in [-0.2, -0.15) is 10.1 Å². The van der Waals surface area contributed by atoms with Crippen LogP contribution < -0.4 is 10.3 Å². The third kappa shape index (κ3) is 3.88. The van der Waals surface area contributed by atoms with E-state index in [1.54, 1.807) is 6.08 Å². The van der Waals surface area contributed by atoms with Gasteiger partial charge >= 0.3 is 0 Å². The lowest BCUT2D eigenvalue weighted by atomic mass is 9.93. The predicted octanol–water partition coefficient (Wildman–Crippen LogP) is 3.66. The molecule has 2 heterocycles.